The molecular weight excluding hydrogens is 344 g/mol. The molecule has 1 aromatic rings. The number of hydrogen-bond acceptors (Lipinski definition) is 5. The normalized spacial score (nSPS) is 21.2. The molecule has 1 amide bonds. The van der Waals surface area contributed by atoms with Gasteiger partial charge >= 0.3 is 0 Å². The fourth-order valence-electron chi connectivity index (χ4n) is 4.20. The first-order valence-corrected chi connectivity index (χ1v) is 10.3. The average molecular weight is 377 g/mol. The topological polar surface area (TPSA) is 76.5 Å². The van der Waals surface area contributed by atoms with E-state index in [2.05, 4.69) is 15.3 Å². The largest absolute Gasteiger partial charge is 0.383 e. The summed E-state index contributed by atoms with van der Waals surface area (Å²) in [4.78, 5) is 26.8. The third-order valence-corrected chi connectivity index (χ3v) is 5.69. The molecule has 0 bridgehead atoms. The van der Waals surface area contributed by atoms with Gasteiger partial charge in [-0.2, -0.15) is 5.10 Å². The van der Waals surface area contributed by atoms with E-state index in [1.165, 1.54) is 23.9 Å². The van der Waals surface area contributed by atoms with E-state index in [1.54, 1.807) is 19.4 Å². The molecule has 7 nitrogen and oxygen atoms in total. The van der Waals surface area contributed by atoms with Crippen LogP contribution in [0.15, 0.2) is 17.1 Å². The third-order valence-electron chi connectivity index (χ3n) is 5.69. The molecule has 1 aliphatic heterocycles. The van der Waals surface area contributed by atoms with E-state index in [0.29, 0.717) is 31.5 Å². The molecule has 7 heteroatoms. The molecule has 3 rings (SSSR count). The number of carbonyl (C=O) groups excluding carboxylic acids is 1. The highest BCUT2D eigenvalue weighted by molar-refractivity contribution is 5.76. The standard InChI is InChI=1S/C20H32N4O3/c1-27-11-10-24-20(26)13-18(14-21-24)23-9-5-6-16(15-23)12-19(25)22-17-7-3-2-4-8-17/h13-14,16-17H,2-12,15H2,1H3,(H,22,25). The molecule has 2 fully saturated rings. The van der Waals surface area contributed by atoms with Crippen molar-refractivity contribution in [1.29, 1.82) is 0 Å². The summed E-state index contributed by atoms with van der Waals surface area (Å²) in [5.41, 5.74) is 0.743. The Hall–Kier alpha value is -1.89. The SMILES string of the molecule is COCCn1ncc(N2CCCC(CC(=O)NC3CCCCC3)C2)cc1=O. The van der Waals surface area contributed by atoms with Crippen molar-refractivity contribution >= 4 is 11.6 Å². The lowest BCUT2D eigenvalue weighted by atomic mass is 9.92. The van der Waals surface area contributed by atoms with Crippen molar-refractivity contribution in [3.8, 4) is 0 Å². The minimum absolute atomic E-state index is 0.110. The Balaban J connectivity index is 1.53. The van der Waals surface area contributed by atoms with Gasteiger partial charge in [0.1, 0.15) is 0 Å². The summed E-state index contributed by atoms with van der Waals surface area (Å²) < 4.78 is 6.43. The van der Waals surface area contributed by atoms with Crippen molar-refractivity contribution < 1.29 is 9.53 Å². The first kappa shape index (κ1) is 19.9. The molecule has 1 saturated carbocycles. The zero-order valence-corrected chi connectivity index (χ0v) is 16.4. The third kappa shape index (κ3) is 5.79. The highest BCUT2D eigenvalue weighted by Gasteiger charge is 2.24. The van der Waals surface area contributed by atoms with Gasteiger partial charge in [-0.15, -0.1) is 0 Å². The Morgan fingerprint density at radius 2 is 2.07 bits per heavy atom. The molecule has 1 unspecified atom stereocenters. The van der Waals surface area contributed by atoms with Gasteiger partial charge in [0.05, 0.1) is 25.0 Å². The Morgan fingerprint density at radius 3 is 2.81 bits per heavy atom. The fourth-order valence-corrected chi connectivity index (χ4v) is 4.20. The number of piperidine rings is 1. The Labute approximate surface area is 161 Å². The molecule has 27 heavy (non-hydrogen) atoms. The second-order valence-electron chi connectivity index (χ2n) is 7.83. The molecule has 0 aromatic carbocycles. The van der Waals surface area contributed by atoms with Gasteiger partial charge in [0.25, 0.3) is 5.56 Å². The van der Waals surface area contributed by atoms with Crippen LogP contribution < -0.4 is 15.8 Å². The van der Waals surface area contributed by atoms with Gasteiger partial charge in [-0.1, -0.05) is 19.3 Å². The zero-order chi connectivity index (χ0) is 19.1. The van der Waals surface area contributed by atoms with Crippen molar-refractivity contribution in [1.82, 2.24) is 15.1 Å². The minimum Gasteiger partial charge on any atom is -0.383 e. The summed E-state index contributed by atoms with van der Waals surface area (Å²) in [6, 6.07) is 2.02. The number of hydrogen-bond donors (Lipinski definition) is 1. The van der Waals surface area contributed by atoms with Crippen molar-refractivity contribution in [3.63, 3.8) is 0 Å². The van der Waals surface area contributed by atoms with E-state index < -0.39 is 0 Å². The molecule has 1 aromatic heterocycles. The monoisotopic (exact) mass is 376 g/mol. The van der Waals surface area contributed by atoms with E-state index in [1.807, 2.05) is 0 Å². The van der Waals surface area contributed by atoms with Gasteiger partial charge in [-0.3, -0.25) is 9.59 Å². The van der Waals surface area contributed by atoms with Gasteiger partial charge in [-0.05, 0) is 31.6 Å². The Bertz CT molecular complexity index is 669. The first-order chi connectivity index (χ1) is 13.2. The quantitative estimate of drug-likeness (QED) is 0.787. The van der Waals surface area contributed by atoms with Crippen LogP contribution in [0.4, 0.5) is 5.69 Å². The smallest absolute Gasteiger partial charge is 0.268 e. The van der Waals surface area contributed by atoms with E-state index in [-0.39, 0.29) is 11.5 Å². The number of amides is 1. The summed E-state index contributed by atoms with van der Waals surface area (Å²) >= 11 is 0. The summed E-state index contributed by atoms with van der Waals surface area (Å²) in [6.45, 7) is 2.64. The fraction of sp³-hybridized carbons (Fsp3) is 0.750. The number of nitrogens with zero attached hydrogens (tertiary/aromatic N) is 3. The van der Waals surface area contributed by atoms with E-state index in [0.717, 1.165) is 44.5 Å². The number of ether oxygens (including phenoxy) is 1. The number of rotatable bonds is 7. The molecular formula is C20H32N4O3. The highest BCUT2D eigenvalue weighted by Crippen LogP contribution is 2.24. The number of carbonyl (C=O) groups is 1. The average Bonchev–Trinajstić information content (AvgIpc) is 2.68. The van der Waals surface area contributed by atoms with E-state index in [4.69, 9.17) is 4.74 Å². The maximum absolute atomic E-state index is 12.4. The summed E-state index contributed by atoms with van der Waals surface area (Å²) in [5, 5.41) is 7.48. The summed E-state index contributed by atoms with van der Waals surface area (Å²) in [5.74, 6) is 0.514. The maximum Gasteiger partial charge on any atom is 0.268 e. The van der Waals surface area contributed by atoms with Crippen molar-refractivity contribution in [3.05, 3.63) is 22.6 Å². The lowest BCUT2D eigenvalue weighted by Gasteiger charge is -2.34. The molecule has 2 heterocycles. The predicted molar refractivity (Wildman–Crippen MR) is 105 cm³/mol. The molecule has 0 radical (unpaired) electrons. The molecule has 1 N–H and O–H groups in total. The minimum atomic E-state index is -0.110. The van der Waals surface area contributed by atoms with Gasteiger partial charge in [0.2, 0.25) is 5.91 Å². The number of methoxy groups -OCH3 is 1. The number of aromatic nitrogens is 2. The van der Waals surface area contributed by atoms with Crippen LogP contribution in [0, 0.1) is 5.92 Å². The first-order valence-electron chi connectivity index (χ1n) is 10.3. The van der Waals surface area contributed by atoms with Crippen molar-refractivity contribution in [2.75, 3.05) is 31.7 Å². The van der Waals surface area contributed by atoms with Crippen molar-refractivity contribution in [2.24, 2.45) is 5.92 Å². The zero-order valence-electron chi connectivity index (χ0n) is 16.4. The van der Waals surface area contributed by atoms with Crippen molar-refractivity contribution in [2.45, 2.75) is 64.0 Å². The van der Waals surface area contributed by atoms with Crippen LogP contribution in [0.5, 0.6) is 0 Å². The van der Waals surface area contributed by atoms with Crippen LogP contribution in [0.1, 0.15) is 51.4 Å². The molecule has 1 atom stereocenters. The molecule has 0 spiro atoms. The molecule has 2 aliphatic rings. The van der Waals surface area contributed by atoms with Gasteiger partial charge in [-0.25, -0.2) is 4.68 Å². The maximum atomic E-state index is 12.4. The van der Waals surface area contributed by atoms with E-state index >= 15 is 0 Å². The lowest BCUT2D eigenvalue weighted by Crippen LogP contribution is -2.41. The van der Waals surface area contributed by atoms with Gasteiger partial charge < -0.3 is 15.0 Å². The van der Waals surface area contributed by atoms with Crippen LogP contribution in [0.2, 0.25) is 0 Å². The van der Waals surface area contributed by atoms with Crippen LogP contribution in [0.3, 0.4) is 0 Å². The Kier molecular flexibility index (Phi) is 7.26. The van der Waals surface area contributed by atoms with Crippen LogP contribution in [-0.4, -0.2) is 48.5 Å². The second-order valence-corrected chi connectivity index (χ2v) is 7.83. The molecule has 1 aliphatic carbocycles. The summed E-state index contributed by atoms with van der Waals surface area (Å²) in [7, 11) is 1.61. The van der Waals surface area contributed by atoms with Crippen LogP contribution in [0.25, 0.3) is 0 Å². The molecule has 1 saturated heterocycles. The van der Waals surface area contributed by atoms with Crippen LogP contribution >= 0.6 is 0 Å². The number of anilines is 1. The highest BCUT2D eigenvalue weighted by atomic mass is 16.5. The molecule has 150 valence electrons. The van der Waals surface area contributed by atoms with Gasteiger partial charge in [0, 0.05) is 38.7 Å². The summed E-state index contributed by atoms with van der Waals surface area (Å²) in [6.07, 6.45) is 10.4. The van der Waals surface area contributed by atoms with Gasteiger partial charge in [0.15, 0.2) is 0 Å². The predicted octanol–water partition coefficient (Wildman–Crippen LogP) is 1.95. The lowest BCUT2D eigenvalue weighted by molar-refractivity contribution is -0.123. The second kappa shape index (κ2) is 9.88. The van der Waals surface area contributed by atoms with Crippen LogP contribution in [-0.2, 0) is 16.1 Å². The number of nitrogens with one attached hydrogen (secondary N) is 1. The van der Waals surface area contributed by atoms with E-state index in [9.17, 15) is 9.59 Å². The Morgan fingerprint density at radius 1 is 1.26 bits per heavy atom.